The van der Waals surface area contributed by atoms with E-state index in [0.717, 1.165) is 6.42 Å². The van der Waals surface area contributed by atoms with Crippen molar-refractivity contribution in [3.63, 3.8) is 0 Å². The topological polar surface area (TPSA) is 0 Å². The van der Waals surface area contributed by atoms with Gasteiger partial charge in [0.2, 0.25) is 0 Å². The summed E-state index contributed by atoms with van der Waals surface area (Å²) in [7, 11) is 0. The molecule has 0 heterocycles. The number of hydrogen-bond acceptors (Lipinski definition) is 0. The van der Waals surface area contributed by atoms with Gasteiger partial charge in [0.1, 0.15) is 0 Å². The molecule has 0 aliphatic heterocycles. The van der Waals surface area contributed by atoms with Crippen LogP contribution in [0, 0.1) is 6.07 Å². The number of hydrogen-bond donors (Lipinski definition) is 0. The molecule has 21 heavy (non-hydrogen) atoms. The molecule has 0 fully saturated rings. The van der Waals surface area contributed by atoms with Crippen molar-refractivity contribution >= 4 is 0 Å². The average molecular weight is 277 g/mol. The van der Waals surface area contributed by atoms with Crippen molar-refractivity contribution in [3.8, 4) is 11.1 Å². The molecule has 3 rings (SSSR count). The van der Waals surface area contributed by atoms with Gasteiger partial charge in [0, 0.05) is 0 Å². The molecule has 0 unspecified atom stereocenters. The quantitative estimate of drug-likeness (QED) is 0.498. The van der Waals surface area contributed by atoms with Gasteiger partial charge in [0.15, 0.2) is 0 Å². The average Bonchev–Trinajstić information content (AvgIpc) is 2.73. The van der Waals surface area contributed by atoms with E-state index in [0.29, 0.717) is 0 Å². The van der Waals surface area contributed by atoms with E-state index >= 15 is 0 Å². The van der Waals surface area contributed by atoms with E-state index < -0.39 is 0 Å². The van der Waals surface area contributed by atoms with Gasteiger partial charge in [-0.05, 0) is 56.7 Å². The zero-order valence-corrected chi connectivity index (χ0v) is 14.1. The van der Waals surface area contributed by atoms with E-state index in [1.165, 1.54) is 33.4 Å². The maximum Gasteiger partial charge on any atom is -0.000707 e. The minimum atomic E-state index is 0.167. The summed E-state index contributed by atoms with van der Waals surface area (Å²) < 4.78 is 0. The minimum absolute atomic E-state index is 0.167. The fourth-order valence-corrected chi connectivity index (χ4v) is 3.03. The highest BCUT2D eigenvalue weighted by Gasteiger charge is 2.24. The van der Waals surface area contributed by atoms with Crippen LogP contribution in [0.2, 0.25) is 0 Å². The molecule has 2 aromatic carbocycles. The summed E-state index contributed by atoms with van der Waals surface area (Å²) in [4.78, 5) is 0. The predicted molar refractivity (Wildman–Crippen MR) is 90.9 cm³/mol. The van der Waals surface area contributed by atoms with Crippen LogP contribution in [0.3, 0.4) is 0 Å². The SMILES string of the molecule is CC(C)(C)c1[c]c2c(cc1)-c1ccc(C(C)(C)C)cc1C2. The van der Waals surface area contributed by atoms with Crippen molar-refractivity contribution in [2.75, 3.05) is 0 Å². The van der Waals surface area contributed by atoms with E-state index in [4.69, 9.17) is 0 Å². The van der Waals surface area contributed by atoms with Crippen LogP contribution in [0.4, 0.5) is 0 Å². The highest BCUT2D eigenvalue weighted by atomic mass is 14.3. The Hall–Kier alpha value is -1.56. The molecule has 1 radical (unpaired) electrons. The highest BCUT2D eigenvalue weighted by molar-refractivity contribution is 5.77. The minimum Gasteiger partial charge on any atom is -0.0579 e. The molecule has 0 heteroatoms. The van der Waals surface area contributed by atoms with Gasteiger partial charge in [0.25, 0.3) is 0 Å². The molecule has 0 amide bonds. The van der Waals surface area contributed by atoms with E-state index in [1.54, 1.807) is 0 Å². The van der Waals surface area contributed by atoms with Crippen LogP contribution in [0.1, 0.15) is 63.8 Å². The molecule has 109 valence electrons. The normalized spacial score (nSPS) is 14.0. The molecule has 0 aromatic heterocycles. The number of fused-ring (bicyclic) bond motifs is 3. The first-order valence-corrected chi connectivity index (χ1v) is 7.86. The van der Waals surface area contributed by atoms with Gasteiger partial charge in [-0.15, -0.1) is 0 Å². The second kappa shape index (κ2) is 4.47. The lowest BCUT2D eigenvalue weighted by Crippen LogP contribution is -2.11. The van der Waals surface area contributed by atoms with Crippen molar-refractivity contribution in [2.24, 2.45) is 0 Å². The molecule has 0 atom stereocenters. The standard InChI is InChI=1S/C21H25/c1-20(2,3)16-7-9-18-14(12-16)11-15-13-17(21(4,5)6)8-10-19(15)18/h7-10,12H,11H2,1-6H3. The third-order valence-corrected chi connectivity index (χ3v) is 4.46. The molecule has 2 aromatic rings. The van der Waals surface area contributed by atoms with Crippen LogP contribution in [0.15, 0.2) is 30.3 Å². The van der Waals surface area contributed by atoms with Crippen LogP contribution < -0.4 is 0 Å². The van der Waals surface area contributed by atoms with Crippen LogP contribution in [-0.4, -0.2) is 0 Å². The zero-order chi connectivity index (χ0) is 15.4. The highest BCUT2D eigenvalue weighted by Crippen LogP contribution is 2.40. The third kappa shape index (κ3) is 2.52. The summed E-state index contributed by atoms with van der Waals surface area (Å²) in [6, 6.07) is 15.2. The molecular weight excluding hydrogens is 252 g/mol. The van der Waals surface area contributed by atoms with E-state index in [9.17, 15) is 0 Å². The maximum atomic E-state index is 3.67. The predicted octanol–water partition coefficient (Wildman–Crippen LogP) is 5.65. The molecule has 1 aliphatic carbocycles. The van der Waals surface area contributed by atoms with Crippen molar-refractivity contribution in [1.29, 1.82) is 0 Å². The van der Waals surface area contributed by atoms with Crippen molar-refractivity contribution in [3.05, 3.63) is 58.7 Å². The largest absolute Gasteiger partial charge is 0.0579 e. The van der Waals surface area contributed by atoms with E-state index in [1.807, 2.05) is 0 Å². The van der Waals surface area contributed by atoms with Crippen molar-refractivity contribution in [1.82, 2.24) is 0 Å². The van der Waals surface area contributed by atoms with Gasteiger partial charge >= 0.3 is 0 Å². The Balaban J connectivity index is 2.06. The Morgan fingerprint density at radius 1 is 0.810 bits per heavy atom. The number of rotatable bonds is 0. The molecule has 0 saturated carbocycles. The van der Waals surface area contributed by atoms with Crippen LogP contribution in [0.25, 0.3) is 11.1 Å². The summed E-state index contributed by atoms with van der Waals surface area (Å²) in [6.07, 6.45) is 1.03. The van der Waals surface area contributed by atoms with Gasteiger partial charge in [-0.25, -0.2) is 0 Å². The van der Waals surface area contributed by atoms with Crippen molar-refractivity contribution in [2.45, 2.75) is 58.8 Å². The van der Waals surface area contributed by atoms with E-state index in [2.05, 4.69) is 77.9 Å². The van der Waals surface area contributed by atoms with E-state index in [-0.39, 0.29) is 10.8 Å². The first-order valence-electron chi connectivity index (χ1n) is 7.86. The summed E-state index contributed by atoms with van der Waals surface area (Å²) in [6.45, 7) is 13.6. The van der Waals surface area contributed by atoms with Crippen LogP contribution >= 0.6 is 0 Å². The fraction of sp³-hybridized carbons (Fsp3) is 0.429. The van der Waals surface area contributed by atoms with Crippen LogP contribution in [-0.2, 0) is 17.3 Å². The molecule has 0 nitrogen and oxygen atoms in total. The smallest absolute Gasteiger partial charge is 0.000707 e. The first kappa shape index (κ1) is 14.4. The molecule has 0 spiro atoms. The lowest BCUT2D eigenvalue weighted by Gasteiger charge is -2.20. The summed E-state index contributed by atoms with van der Waals surface area (Å²) in [5.41, 5.74) is 8.70. The Kier molecular flexibility index (Phi) is 3.06. The Morgan fingerprint density at radius 2 is 1.48 bits per heavy atom. The van der Waals surface area contributed by atoms with Crippen molar-refractivity contribution < 1.29 is 0 Å². The van der Waals surface area contributed by atoms with Crippen LogP contribution in [0.5, 0.6) is 0 Å². The first-order chi connectivity index (χ1) is 9.66. The lowest BCUT2D eigenvalue weighted by molar-refractivity contribution is 0.588. The molecular formula is C21H25. The van der Waals surface area contributed by atoms with Gasteiger partial charge in [0.05, 0.1) is 0 Å². The molecule has 1 aliphatic rings. The molecule has 0 N–H and O–H groups in total. The Bertz CT molecular complexity index is 629. The van der Waals surface area contributed by atoms with Gasteiger partial charge < -0.3 is 0 Å². The second-order valence-electron chi connectivity index (χ2n) is 8.31. The van der Waals surface area contributed by atoms with Gasteiger partial charge in [-0.3, -0.25) is 0 Å². The third-order valence-electron chi connectivity index (χ3n) is 4.46. The second-order valence-corrected chi connectivity index (χ2v) is 8.31. The number of benzene rings is 2. The Morgan fingerprint density at radius 3 is 2.10 bits per heavy atom. The summed E-state index contributed by atoms with van der Waals surface area (Å²) >= 11 is 0. The molecule has 0 bridgehead atoms. The van der Waals surface area contributed by atoms with Gasteiger partial charge in [-0.1, -0.05) is 71.9 Å². The zero-order valence-electron chi connectivity index (χ0n) is 14.1. The lowest BCUT2D eigenvalue weighted by atomic mass is 9.85. The molecule has 0 saturated heterocycles. The monoisotopic (exact) mass is 277 g/mol. The summed E-state index contributed by atoms with van der Waals surface area (Å²) in [5, 5.41) is 0. The Labute approximate surface area is 129 Å². The maximum absolute atomic E-state index is 3.67. The summed E-state index contributed by atoms with van der Waals surface area (Å²) in [5.74, 6) is 0. The van der Waals surface area contributed by atoms with Gasteiger partial charge in [-0.2, -0.15) is 0 Å². The fourth-order valence-electron chi connectivity index (χ4n) is 3.03.